The molecule has 0 saturated heterocycles. The number of carbonyl (C=O) groups is 2. The van der Waals surface area contributed by atoms with Gasteiger partial charge in [0, 0.05) is 10.7 Å². The van der Waals surface area contributed by atoms with Crippen molar-refractivity contribution < 1.29 is 9.59 Å². The second kappa shape index (κ2) is 10.1. The fourth-order valence-electron chi connectivity index (χ4n) is 2.81. The van der Waals surface area contributed by atoms with Gasteiger partial charge in [0.2, 0.25) is 11.8 Å². The molecule has 2 rings (SSSR count). The average molecular weight is 388 g/mol. The Kier molecular flexibility index (Phi) is 7.82. The van der Waals surface area contributed by atoms with Crippen molar-refractivity contribution in [3.63, 3.8) is 0 Å². The lowest BCUT2D eigenvalue weighted by atomic mass is 10.1. The van der Waals surface area contributed by atoms with E-state index in [9.17, 15) is 9.59 Å². The van der Waals surface area contributed by atoms with Crippen LogP contribution in [0.2, 0.25) is 5.02 Å². The Labute approximate surface area is 165 Å². The van der Waals surface area contributed by atoms with Crippen LogP contribution in [0.1, 0.15) is 31.0 Å². The first kappa shape index (κ1) is 20.9. The summed E-state index contributed by atoms with van der Waals surface area (Å²) in [5.74, 6) is -0.279. The summed E-state index contributed by atoms with van der Waals surface area (Å²) in [6.45, 7) is 4.24. The summed E-state index contributed by atoms with van der Waals surface area (Å²) in [5, 5.41) is 6.50. The Morgan fingerprint density at radius 3 is 2.33 bits per heavy atom. The van der Waals surface area contributed by atoms with E-state index in [4.69, 9.17) is 11.6 Å². The molecular weight excluding hydrogens is 362 g/mol. The van der Waals surface area contributed by atoms with Crippen LogP contribution >= 0.6 is 11.6 Å². The Morgan fingerprint density at radius 1 is 1.04 bits per heavy atom. The number of para-hydroxylation sites is 1. The molecule has 0 fully saturated rings. The molecule has 2 amide bonds. The third-order valence-corrected chi connectivity index (χ3v) is 4.50. The molecule has 5 nitrogen and oxygen atoms in total. The molecule has 1 atom stereocenters. The van der Waals surface area contributed by atoms with Crippen molar-refractivity contribution in [3.8, 4) is 0 Å². The molecule has 0 aliphatic carbocycles. The molecule has 0 unspecified atom stereocenters. The molecule has 6 heteroatoms. The maximum atomic E-state index is 12.3. The van der Waals surface area contributed by atoms with Gasteiger partial charge in [-0.25, -0.2) is 0 Å². The lowest BCUT2D eigenvalue weighted by molar-refractivity contribution is -0.123. The van der Waals surface area contributed by atoms with E-state index >= 15 is 0 Å². The molecule has 0 aliphatic rings. The Morgan fingerprint density at radius 2 is 1.67 bits per heavy atom. The fourth-order valence-corrected chi connectivity index (χ4v) is 2.93. The molecule has 0 aromatic heterocycles. The molecular formula is C21H26ClN3O2. The van der Waals surface area contributed by atoms with Gasteiger partial charge in [-0.05, 0) is 49.7 Å². The van der Waals surface area contributed by atoms with Gasteiger partial charge >= 0.3 is 0 Å². The predicted octanol–water partition coefficient (Wildman–Crippen LogP) is 3.65. The summed E-state index contributed by atoms with van der Waals surface area (Å²) in [5.41, 5.74) is 2.88. The van der Waals surface area contributed by atoms with Gasteiger partial charge in [0.15, 0.2) is 0 Å². The Hall–Kier alpha value is -2.37. The molecule has 2 N–H and O–H groups in total. The van der Waals surface area contributed by atoms with E-state index in [0.29, 0.717) is 5.02 Å². The van der Waals surface area contributed by atoms with Gasteiger partial charge in [-0.2, -0.15) is 0 Å². The molecule has 0 heterocycles. The maximum Gasteiger partial charge on any atom is 0.238 e. The minimum atomic E-state index is -0.142. The van der Waals surface area contributed by atoms with E-state index in [0.717, 1.165) is 23.2 Å². The van der Waals surface area contributed by atoms with Crippen molar-refractivity contribution >= 4 is 29.1 Å². The summed E-state index contributed by atoms with van der Waals surface area (Å²) < 4.78 is 0. The normalized spacial score (nSPS) is 11.9. The third-order valence-electron chi connectivity index (χ3n) is 4.25. The number of anilines is 1. The Balaban J connectivity index is 1.81. The average Bonchev–Trinajstić information content (AvgIpc) is 2.62. The quantitative estimate of drug-likeness (QED) is 0.726. The van der Waals surface area contributed by atoms with Crippen molar-refractivity contribution in [2.24, 2.45) is 0 Å². The van der Waals surface area contributed by atoms with E-state index in [-0.39, 0.29) is 30.9 Å². The second-order valence-corrected chi connectivity index (χ2v) is 7.01. The molecule has 0 bridgehead atoms. The topological polar surface area (TPSA) is 61.4 Å². The molecule has 144 valence electrons. The highest BCUT2D eigenvalue weighted by molar-refractivity contribution is 6.30. The van der Waals surface area contributed by atoms with E-state index in [1.165, 1.54) is 0 Å². The summed E-state index contributed by atoms with van der Waals surface area (Å²) in [6, 6.07) is 15.0. The van der Waals surface area contributed by atoms with Crippen LogP contribution in [0.4, 0.5) is 5.69 Å². The first-order chi connectivity index (χ1) is 12.9. The Bertz CT molecular complexity index is 777. The van der Waals surface area contributed by atoms with Crippen LogP contribution in [0.15, 0.2) is 48.5 Å². The number of rotatable bonds is 8. The van der Waals surface area contributed by atoms with Gasteiger partial charge in [-0.3, -0.25) is 14.5 Å². The summed E-state index contributed by atoms with van der Waals surface area (Å²) in [6.07, 6.45) is 0.845. The van der Waals surface area contributed by atoms with Gasteiger partial charge in [-0.1, -0.05) is 48.9 Å². The number of likely N-dealkylation sites (N-methyl/N-ethyl adjacent to an activating group) is 1. The number of benzene rings is 2. The highest BCUT2D eigenvalue weighted by atomic mass is 35.5. The van der Waals surface area contributed by atoms with Crippen molar-refractivity contribution in [1.29, 1.82) is 0 Å². The number of nitrogens with one attached hydrogen (secondary N) is 2. The van der Waals surface area contributed by atoms with E-state index in [2.05, 4.69) is 10.6 Å². The van der Waals surface area contributed by atoms with Gasteiger partial charge < -0.3 is 10.6 Å². The van der Waals surface area contributed by atoms with E-state index < -0.39 is 0 Å². The van der Waals surface area contributed by atoms with Crippen LogP contribution < -0.4 is 10.6 Å². The molecule has 2 aromatic rings. The first-order valence-corrected chi connectivity index (χ1v) is 9.38. The van der Waals surface area contributed by atoms with Crippen LogP contribution in [0, 0.1) is 0 Å². The zero-order valence-corrected chi connectivity index (χ0v) is 16.7. The number of carbonyl (C=O) groups excluding carboxylic acids is 2. The maximum absolute atomic E-state index is 12.3. The molecule has 0 aliphatic heterocycles. The number of nitrogens with zero attached hydrogens (tertiary/aromatic N) is 1. The van der Waals surface area contributed by atoms with Crippen LogP contribution in [0.3, 0.4) is 0 Å². The van der Waals surface area contributed by atoms with Gasteiger partial charge in [0.25, 0.3) is 0 Å². The van der Waals surface area contributed by atoms with Crippen molar-refractivity contribution in [2.45, 2.75) is 26.3 Å². The van der Waals surface area contributed by atoms with Gasteiger partial charge in [-0.15, -0.1) is 0 Å². The monoisotopic (exact) mass is 387 g/mol. The number of hydrogen-bond donors (Lipinski definition) is 2. The fraction of sp³-hybridized carbons (Fsp3) is 0.333. The molecule has 0 saturated carbocycles. The SMILES string of the molecule is CCc1ccccc1NC(=O)CN(C)CC(=O)N[C@H](C)c1ccc(Cl)cc1. The van der Waals surface area contributed by atoms with Gasteiger partial charge in [0.1, 0.15) is 0 Å². The zero-order valence-electron chi connectivity index (χ0n) is 16.0. The predicted molar refractivity (Wildman–Crippen MR) is 110 cm³/mol. The third kappa shape index (κ3) is 6.70. The zero-order chi connectivity index (χ0) is 19.8. The van der Waals surface area contributed by atoms with Crippen LogP contribution in [-0.2, 0) is 16.0 Å². The van der Waals surface area contributed by atoms with Crippen LogP contribution in [0.5, 0.6) is 0 Å². The summed E-state index contributed by atoms with van der Waals surface area (Å²) >= 11 is 5.88. The van der Waals surface area contributed by atoms with Crippen LogP contribution in [0.25, 0.3) is 0 Å². The minimum absolute atomic E-state index is 0.131. The number of halogens is 1. The summed E-state index contributed by atoms with van der Waals surface area (Å²) in [7, 11) is 1.75. The highest BCUT2D eigenvalue weighted by Crippen LogP contribution is 2.16. The van der Waals surface area contributed by atoms with E-state index in [1.807, 2.05) is 50.2 Å². The largest absolute Gasteiger partial charge is 0.348 e. The summed E-state index contributed by atoms with van der Waals surface area (Å²) in [4.78, 5) is 26.2. The molecule has 0 spiro atoms. The number of hydrogen-bond acceptors (Lipinski definition) is 3. The molecule has 2 aromatic carbocycles. The van der Waals surface area contributed by atoms with Crippen molar-refractivity contribution in [2.75, 3.05) is 25.5 Å². The first-order valence-electron chi connectivity index (χ1n) is 9.00. The second-order valence-electron chi connectivity index (χ2n) is 6.57. The van der Waals surface area contributed by atoms with Gasteiger partial charge in [0.05, 0.1) is 19.1 Å². The number of amides is 2. The van der Waals surface area contributed by atoms with E-state index in [1.54, 1.807) is 24.1 Å². The van der Waals surface area contributed by atoms with Crippen molar-refractivity contribution in [1.82, 2.24) is 10.2 Å². The number of aryl methyl sites for hydroxylation is 1. The van der Waals surface area contributed by atoms with Crippen molar-refractivity contribution in [3.05, 3.63) is 64.7 Å². The molecule has 0 radical (unpaired) electrons. The molecule has 27 heavy (non-hydrogen) atoms. The lowest BCUT2D eigenvalue weighted by Gasteiger charge is -2.19. The minimum Gasteiger partial charge on any atom is -0.348 e. The highest BCUT2D eigenvalue weighted by Gasteiger charge is 2.14. The standard InChI is InChI=1S/C21H26ClN3O2/c1-4-16-7-5-6-8-19(16)24-21(27)14-25(3)13-20(26)23-15(2)17-9-11-18(22)12-10-17/h5-12,15H,4,13-14H2,1-3H3,(H,23,26)(H,24,27)/t15-/m1/s1. The smallest absolute Gasteiger partial charge is 0.238 e. The lowest BCUT2D eigenvalue weighted by Crippen LogP contribution is -2.39. The van der Waals surface area contributed by atoms with Crippen LogP contribution in [-0.4, -0.2) is 36.9 Å².